The highest BCUT2D eigenvalue weighted by molar-refractivity contribution is 6.30. The third kappa shape index (κ3) is 2.62. The van der Waals surface area contributed by atoms with Crippen molar-refractivity contribution in [2.45, 2.75) is 24.4 Å². The lowest BCUT2D eigenvalue weighted by Gasteiger charge is -2.34. The molecule has 1 aliphatic heterocycles. The van der Waals surface area contributed by atoms with E-state index in [0.29, 0.717) is 30.5 Å². The Bertz CT molecular complexity index is 698. The zero-order valence-electron chi connectivity index (χ0n) is 12.4. The molecule has 120 valence electrons. The van der Waals surface area contributed by atoms with Crippen LogP contribution in [0.5, 0.6) is 0 Å². The first-order chi connectivity index (χ1) is 11.2. The van der Waals surface area contributed by atoms with E-state index in [1.165, 1.54) is 6.39 Å². The van der Waals surface area contributed by atoms with Gasteiger partial charge in [0.05, 0.1) is 18.6 Å². The second-order valence-electron chi connectivity index (χ2n) is 5.99. The number of carbonyl (C=O) groups is 1. The number of ether oxygens (including phenoxy) is 1. The van der Waals surface area contributed by atoms with Crippen molar-refractivity contribution < 1.29 is 14.1 Å². The molecule has 1 atom stereocenters. The maximum atomic E-state index is 13.1. The van der Waals surface area contributed by atoms with Gasteiger partial charge in [-0.15, -0.1) is 0 Å². The number of rotatable bonds is 3. The molecule has 2 fully saturated rings. The normalized spacial score (nSPS) is 22.8. The number of hydrogen-bond acceptors (Lipinski definition) is 5. The summed E-state index contributed by atoms with van der Waals surface area (Å²) in [6.07, 6.45) is 2.69. The summed E-state index contributed by atoms with van der Waals surface area (Å²) in [6.45, 7) is 1.51. The number of halogens is 1. The summed E-state index contributed by atoms with van der Waals surface area (Å²) in [7, 11) is 0. The predicted octanol–water partition coefficient (Wildman–Crippen LogP) is 2.35. The lowest BCUT2D eigenvalue weighted by molar-refractivity contribution is -0.142. The van der Waals surface area contributed by atoms with Crippen LogP contribution >= 0.6 is 11.6 Å². The average Bonchev–Trinajstić information content (AvgIpc) is 3.20. The fraction of sp³-hybridized carbons (Fsp3) is 0.438. The van der Waals surface area contributed by atoms with Gasteiger partial charge in [-0.1, -0.05) is 28.9 Å². The Morgan fingerprint density at radius 3 is 2.74 bits per heavy atom. The monoisotopic (exact) mass is 333 g/mol. The Hall–Kier alpha value is -1.92. The molecule has 6 nitrogen and oxygen atoms in total. The van der Waals surface area contributed by atoms with Crippen LogP contribution in [0.25, 0.3) is 0 Å². The fourth-order valence-corrected chi connectivity index (χ4v) is 3.26. The minimum atomic E-state index is -0.399. The number of morpholine rings is 1. The molecule has 1 aromatic carbocycles. The number of benzene rings is 1. The van der Waals surface area contributed by atoms with Crippen LogP contribution in [0.2, 0.25) is 5.02 Å². The summed E-state index contributed by atoms with van der Waals surface area (Å²) < 4.78 is 10.4. The molecular weight excluding hydrogens is 318 g/mol. The van der Waals surface area contributed by atoms with Crippen LogP contribution in [0.15, 0.2) is 35.2 Å². The van der Waals surface area contributed by atoms with E-state index in [1.54, 1.807) is 0 Å². The Balaban J connectivity index is 1.53. The number of nitrogens with zero attached hydrogens (tertiary/aromatic N) is 3. The topological polar surface area (TPSA) is 68.5 Å². The summed E-state index contributed by atoms with van der Waals surface area (Å²) >= 11 is 5.95. The SMILES string of the molecule is O=C(N1CCO[C@@H](c2ncon2)C1)C1(c2ccc(Cl)cc2)CC1. The zero-order chi connectivity index (χ0) is 15.9. The third-order valence-corrected chi connectivity index (χ3v) is 4.83. The van der Waals surface area contributed by atoms with E-state index in [4.69, 9.17) is 20.9 Å². The molecule has 0 spiro atoms. The maximum absolute atomic E-state index is 13.1. The maximum Gasteiger partial charge on any atom is 0.233 e. The summed E-state index contributed by atoms with van der Waals surface area (Å²) in [5.74, 6) is 0.635. The quantitative estimate of drug-likeness (QED) is 0.862. The lowest BCUT2D eigenvalue weighted by Crippen LogP contribution is -2.47. The van der Waals surface area contributed by atoms with Gasteiger partial charge in [0.25, 0.3) is 0 Å². The third-order valence-electron chi connectivity index (χ3n) is 4.58. The smallest absolute Gasteiger partial charge is 0.233 e. The first kappa shape index (κ1) is 14.7. The van der Waals surface area contributed by atoms with Crippen molar-refractivity contribution >= 4 is 17.5 Å². The zero-order valence-corrected chi connectivity index (χ0v) is 13.2. The van der Waals surface area contributed by atoms with Gasteiger partial charge in [-0.3, -0.25) is 4.79 Å². The van der Waals surface area contributed by atoms with Gasteiger partial charge in [0.2, 0.25) is 18.1 Å². The highest BCUT2D eigenvalue weighted by atomic mass is 35.5. The number of carbonyl (C=O) groups excluding carboxylic acids is 1. The van der Waals surface area contributed by atoms with Crippen LogP contribution in [0, 0.1) is 0 Å². The largest absolute Gasteiger partial charge is 0.366 e. The minimum absolute atomic E-state index is 0.150. The van der Waals surface area contributed by atoms with Gasteiger partial charge in [0.15, 0.2) is 0 Å². The Morgan fingerprint density at radius 1 is 1.30 bits per heavy atom. The predicted molar refractivity (Wildman–Crippen MR) is 81.9 cm³/mol. The van der Waals surface area contributed by atoms with Gasteiger partial charge in [-0.2, -0.15) is 4.98 Å². The first-order valence-electron chi connectivity index (χ1n) is 7.62. The van der Waals surface area contributed by atoms with Crippen LogP contribution in [0.4, 0.5) is 0 Å². The Morgan fingerprint density at radius 2 is 2.09 bits per heavy atom. The van der Waals surface area contributed by atoms with E-state index in [9.17, 15) is 4.79 Å². The van der Waals surface area contributed by atoms with E-state index in [0.717, 1.165) is 18.4 Å². The van der Waals surface area contributed by atoms with Crippen molar-refractivity contribution in [3.63, 3.8) is 0 Å². The summed E-state index contributed by atoms with van der Waals surface area (Å²) in [5, 5.41) is 4.50. The van der Waals surface area contributed by atoms with Crippen LogP contribution < -0.4 is 0 Å². The van der Waals surface area contributed by atoms with Gasteiger partial charge in [-0.25, -0.2) is 0 Å². The first-order valence-corrected chi connectivity index (χ1v) is 8.00. The summed E-state index contributed by atoms with van der Waals surface area (Å²) in [6, 6.07) is 7.58. The van der Waals surface area contributed by atoms with Gasteiger partial charge >= 0.3 is 0 Å². The van der Waals surface area contributed by atoms with E-state index in [2.05, 4.69) is 10.1 Å². The second kappa shape index (κ2) is 5.62. The lowest BCUT2D eigenvalue weighted by atomic mass is 9.94. The molecule has 1 aromatic heterocycles. The molecule has 0 N–H and O–H groups in total. The molecule has 1 saturated heterocycles. The van der Waals surface area contributed by atoms with Gasteiger partial charge in [-0.05, 0) is 30.5 Å². The van der Waals surface area contributed by atoms with E-state index >= 15 is 0 Å². The van der Waals surface area contributed by atoms with Gasteiger partial charge in [0.1, 0.15) is 6.10 Å². The van der Waals surface area contributed by atoms with Crippen molar-refractivity contribution in [2.24, 2.45) is 0 Å². The van der Waals surface area contributed by atoms with Crippen LogP contribution in [-0.2, 0) is 14.9 Å². The standard InChI is InChI=1S/C16H16ClN3O3/c17-12-3-1-11(2-4-12)16(5-6-16)15(21)20-7-8-22-13(9-20)14-18-10-23-19-14/h1-4,10,13H,5-9H2/t13-/m1/s1. The van der Waals surface area contributed by atoms with Crippen molar-refractivity contribution in [3.8, 4) is 0 Å². The molecule has 1 saturated carbocycles. The molecule has 2 aliphatic rings. The molecule has 0 bridgehead atoms. The van der Waals surface area contributed by atoms with E-state index < -0.39 is 5.41 Å². The minimum Gasteiger partial charge on any atom is -0.366 e. The van der Waals surface area contributed by atoms with Crippen molar-refractivity contribution in [3.05, 3.63) is 47.1 Å². The van der Waals surface area contributed by atoms with Crippen molar-refractivity contribution in [2.75, 3.05) is 19.7 Å². The van der Waals surface area contributed by atoms with Crippen LogP contribution in [0.1, 0.15) is 30.3 Å². The molecule has 2 heterocycles. The molecule has 1 aliphatic carbocycles. The molecule has 2 aromatic rings. The van der Waals surface area contributed by atoms with Gasteiger partial charge < -0.3 is 14.2 Å². The molecule has 7 heteroatoms. The van der Waals surface area contributed by atoms with E-state index in [-0.39, 0.29) is 12.0 Å². The van der Waals surface area contributed by atoms with Gasteiger partial charge in [0, 0.05) is 11.6 Å². The summed E-state index contributed by atoms with van der Waals surface area (Å²) in [4.78, 5) is 18.9. The summed E-state index contributed by atoms with van der Waals surface area (Å²) in [5.41, 5.74) is 0.638. The fourth-order valence-electron chi connectivity index (χ4n) is 3.13. The van der Waals surface area contributed by atoms with Crippen molar-refractivity contribution in [1.29, 1.82) is 0 Å². The highest BCUT2D eigenvalue weighted by Crippen LogP contribution is 2.50. The number of aromatic nitrogens is 2. The molecule has 4 rings (SSSR count). The second-order valence-corrected chi connectivity index (χ2v) is 6.43. The van der Waals surface area contributed by atoms with Crippen molar-refractivity contribution in [1.82, 2.24) is 15.0 Å². The highest BCUT2D eigenvalue weighted by Gasteiger charge is 2.53. The van der Waals surface area contributed by atoms with Crippen LogP contribution in [0.3, 0.4) is 0 Å². The molecule has 0 unspecified atom stereocenters. The number of hydrogen-bond donors (Lipinski definition) is 0. The van der Waals surface area contributed by atoms with E-state index in [1.807, 2.05) is 29.2 Å². The average molecular weight is 334 g/mol. The molecular formula is C16H16ClN3O3. The Kier molecular flexibility index (Phi) is 3.58. The van der Waals surface area contributed by atoms with Crippen LogP contribution in [-0.4, -0.2) is 40.6 Å². The Labute approximate surface area is 138 Å². The molecule has 1 amide bonds. The number of amides is 1. The molecule has 23 heavy (non-hydrogen) atoms. The molecule has 0 radical (unpaired) electrons.